The summed E-state index contributed by atoms with van der Waals surface area (Å²) < 4.78 is 28.0. The molecule has 1 aromatic carbocycles. The Morgan fingerprint density at radius 3 is 2.33 bits per heavy atom. The summed E-state index contributed by atoms with van der Waals surface area (Å²) in [6, 6.07) is 6.85. The van der Waals surface area contributed by atoms with E-state index < -0.39 is 10.0 Å². The van der Waals surface area contributed by atoms with E-state index >= 15 is 0 Å². The second-order valence-electron chi connectivity index (χ2n) is 9.18. The predicted octanol–water partition coefficient (Wildman–Crippen LogP) is 2.90. The Morgan fingerprint density at radius 1 is 1.09 bits per heavy atom. The first-order chi connectivity index (χ1) is 15.4. The molecule has 0 bridgehead atoms. The first kappa shape index (κ1) is 25.9. The van der Waals surface area contributed by atoms with Gasteiger partial charge in [-0.25, -0.2) is 8.42 Å². The number of aliphatic imine (C=N–C) groups is 1. The van der Waals surface area contributed by atoms with E-state index in [0.717, 1.165) is 18.9 Å². The fourth-order valence-corrected chi connectivity index (χ4v) is 6.52. The highest BCUT2D eigenvalue weighted by Gasteiger charge is 2.43. The molecule has 2 fully saturated rings. The number of hydrogen-bond donors (Lipinski definition) is 3. The molecule has 8 nitrogen and oxygen atoms in total. The van der Waals surface area contributed by atoms with Crippen molar-refractivity contribution in [1.29, 1.82) is 0 Å². The van der Waals surface area contributed by atoms with Crippen molar-refractivity contribution in [3.63, 3.8) is 0 Å². The van der Waals surface area contributed by atoms with E-state index in [4.69, 9.17) is 4.99 Å². The van der Waals surface area contributed by atoms with Gasteiger partial charge in [-0.1, -0.05) is 25.7 Å². The molecule has 1 aromatic rings. The Hall–Kier alpha value is -1.68. The third kappa shape index (κ3) is 6.07. The van der Waals surface area contributed by atoms with Gasteiger partial charge in [0.2, 0.25) is 15.9 Å². The Kier molecular flexibility index (Phi) is 8.77. The normalized spacial score (nSPS) is 22.0. The van der Waals surface area contributed by atoms with E-state index in [0.29, 0.717) is 37.7 Å². The molecule has 33 heavy (non-hydrogen) atoms. The third-order valence-electron chi connectivity index (χ3n) is 6.88. The van der Waals surface area contributed by atoms with Gasteiger partial charge >= 0.3 is 0 Å². The molecular formula is C23H36ClN5O3S. The minimum atomic E-state index is -3.58. The summed E-state index contributed by atoms with van der Waals surface area (Å²) in [5.41, 5.74) is 0.331. The van der Waals surface area contributed by atoms with Crippen LogP contribution in [0.15, 0.2) is 34.2 Å². The average Bonchev–Trinajstić information content (AvgIpc) is 3.05. The molecule has 1 saturated carbocycles. The first-order valence-corrected chi connectivity index (χ1v) is 13.3. The van der Waals surface area contributed by atoms with E-state index in [2.05, 4.69) is 16.0 Å². The highest BCUT2D eigenvalue weighted by atomic mass is 35.5. The van der Waals surface area contributed by atoms with Crippen molar-refractivity contribution in [2.75, 3.05) is 31.5 Å². The van der Waals surface area contributed by atoms with Gasteiger partial charge in [0.25, 0.3) is 0 Å². The molecule has 0 atom stereocenters. The number of amides is 1. The van der Waals surface area contributed by atoms with Gasteiger partial charge in [0.05, 0.1) is 17.0 Å². The second-order valence-corrected chi connectivity index (χ2v) is 11.1. The van der Waals surface area contributed by atoms with Crippen molar-refractivity contribution in [1.82, 2.24) is 14.9 Å². The van der Waals surface area contributed by atoms with E-state index in [9.17, 15) is 13.2 Å². The Bertz CT molecular complexity index is 935. The van der Waals surface area contributed by atoms with Crippen LogP contribution in [0, 0.1) is 0 Å². The molecule has 3 N–H and O–H groups in total. The SMILES string of the molecule is CC(=O)Nc1ccc(S(=O)(=O)N2CCC3(CC2)NCCN=C3NC2CCCCCC2)cc1.Cl. The number of carbonyl (C=O) groups excluding carboxylic acids is 1. The molecule has 184 valence electrons. The molecule has 0 unspecified atom stereocenters. The third-order valence-corrected chi connectivity index (χ3v) is 8.80. The molecule has 2 aliphatic heterocycles. The number of piperidine rings is 1. The lowest BCUT2D eigenvalue weighted by Crippen LogP contribution is -2.65. The van der Waals surface area contributed by atoms with Crippen LogP contribution in [0.2, 0.25) is 0 Å². The molecule has 2 heterocycles. The van der Waals surface area contributed by atoms with Crippen molar-refractivity contribution < 1.29 is 13.2 Å². The van der Waals surface area contributed by atoms with Gasteiger partial charge in [-0.3, -0.25) is 9.79 Å². The van der Waals surface area contributed by atoms with Gasteiger partial charge in [0.1, 0.15) is 5.84 Å². The second kappa shape index (κ2) is 11.2. The zero-order valence-electron chi connectivity index (χ0n) is 19.3. The fourth-order valence-electron chi connectivity index (χ4n) is 5.08. The van der Waals surface area contributed by atoms with Crippen molar-refractivity contribution in [3.8, 4) is 0 Å². The van der Waals surface area contributed by atoms with Crippen molar-refractivity contribution >= 4 is 39.9 Å². The van der Waals surface area contributed by atoms with Gasteiger partial charge in [-0.05, 0) is 49.9 Å². The number of sulfonamides is 1. The first-order valence-electron chi connectivity index (χ1n) is 11.8. The number of halogens is 1. The van der Waals surface area contributed by atoms with Gasteiger partial charge in [0, 0.05) is 38.3 Å². The monoisotopic (exact) mass is 497 g/mol. The summed E-state index contributed by atoms with van der Waals surface area (Å²) in [6.45, 7) is 3.92. The van der Waals surface area contributed by atoms with Crippen LogP contribution in [-0.4, -0.2) is 62.2 Å². The lowest BCUT2D eigenvalue weighted by molar-refractivity contribution is -0.114. The van der Waals surface area contributed by atoms with Crippen LogP contribution in [0.25, 0.3) is 0 Å². The number of amidine groups is 1. The van der Waals surface area contributed by atoms with Crippen molar-refractivity contribution in [2.45, 2.75) is 74.8 Å². The highest BCUT2D eigenvalue weighted by molar-refractivity contribution is 7.89. The van der Waals surface area contributed by atoms with Gasteiger partial charge < -0.3 is 16.0 Å². The standard InChI is InChI=1S/C23H35N5O3S.ClH/c1-18(29)26-20-8-10-21(11-9-20)32(30,31)28-16-12-23(13-17-28)22(24-14-15-25-23)27-19-6-4-2-3-5-7-19;/h8-11,19,25H,2-7,12-17H2,1H3,(H,24,27)(H,26,29);1H. The van der Waals surface area contributed by atoms with Crippen LogP contribution < -0.4 is 16.0 Å². The topological polar surface area (TPSA) is 103 Å². The fraction of sp³-hybridized carbons (Fsp3) is 0.652. The van der Waals surface area contributed by atoms with Crippen molar-refractivity contribution in [3.05, 3.63) is 24.3 Å². The summed E-state index contributed by atoms with van der Waals surface area (Å²) in [7, 11) is -3.58. The lowest BCUT2D eigenvalue weighted by atomic mass is 9.85. The smallest absolute Gasteiger partial charge is 0.243 e. The molecule has 0 radical (unpaired) electrons. The summed E-state index contributed by atoms with van der Waals surface area (Å²) in [5, 5.41) is 10.1. The quantitative estimate of drug-likeness (QED) is 0.555. The maximum absolute atomic E-state index is 13.2. The molecule has 1 spiro atoms. The van der Waals surface area contributed by atoms with Crippen LogP contribution in [0.1, 0.15) is 58.3 Å². The van der Waals surface area contributed by atoms with Crippen molar-refractivity contribution in [2.24, 2.45) is 4.99 Å². The summed E-state index contributed by atoms with van der Waals surface area (Å²) in [6.07, 6.45) is 8.92. The minimum absolute atomic E-state index is 0. The molecule has 1 aliphatic carbocycles. The summed E-state index contributed by atoms with van der Waals surface area (Å²) in [5.74, 6) is 0.851. The van der Waals surface area contributed by atoms with E-state index in [1.807, 2.05) is 0 Å². The van der Waals surface area contributed by atoms with Crippen LogP contribution in [-0.2, 0) is 14.8 Å². The molecule has 10 heteroatoms. The molecular weight excluding hydrogens is 462 g/mol. The maximum Gasteiger partial charge on any atom is 0.243 e. The molecule has 3 aliphatic rings. The Balaban J connectivity index is 0.00000306. The molecule has 1 amide bonds. The van der Waals surface area contributed by atoms with Crippen LogP contribution in [0.4, 0.5) is 5.69 Å². The number of benzene rings is 1. The van der Waals surface area contributed by atoms with E-state index in [-0.39, 0.29) is 28.7 Å². The van der Waals surface area contributed by atoms with Gasteiger partial charge in [-0.2, -0.15) is 4.31 Å². The lowest BCUT2D eigenvalue weighted by Gasteiger charge is -2.45. The van der Waals surface area contributed by atoms with E-state index in [1.54, 1.807) is 28.6 Å². The summed E-state index contributed by atoms with van der Waals surface area (Å²) in [4.78, 5) is 16.3. The van der Waals surface area contributed by atoms with Crippen LogP contribution >= 0.6 is 12.4 Å². The van der Waals surface area contributed by atoms with Gasteiger partial charge in [0.15, 0.2) is 0 Å². The van der Waals surface area contributed by atoms with Crippen LogP contribution in [0.3, 0.4) is 0 Å². The number of anilines is 1. The summed E-state index contributed by atoms with van der Waals surface area (Å²) >= 11 is 0. The van der Waals surface area contributed by atoms with Gasteiger partial charge in [-0.15, -0.1) is 12.4 Å². The van der Waals surface area contributed by atoms with Crippen LogP contribution in [0.5, 0.6) is 0 Å². The number of hydrogen-bond acceptors (Lipinski definition) is 6. The average molecular weight is 498 g/mol. The Morgan fingerprint density at radius 2 is 1.73 bits per heavy atom. The zero-order valence-corrected chi connectivity index (χ0v) is 20.9. The largest absolute Gasteiger partial charge is 0.370 e. The minimum Gasteiger partial charge on any atom is -0.370 e. The maximum atomic E-state index is 13.2. The number of nitrogens with one attached hydrogen (secondary N) is 3. The molecule has 0 aromatic heterocycles. The molecule has 4 rings (SSSR count). The number of rotatable bonds is 4. The highest BCUT2D eigenvalue weighted by Crippen LogP contribution is 2.30. The molecule has 1 saturated heterocycles. The number of carbonyl (C=O) groups is 1. The van der Waals surface area contributed by atoms with E-state index in [1.165, 1.54) is 45.4 Å². The predicted molar refractivity (Wildman–Crippen MR) is 134 cm³/mol. The number of nitrogens with zero attached hydrogens (tertiary/aromatic N) is 2. The Labute approximate surface area is 203 Å². The zero-order chi connectivity index (χ0) is 22.6.